The van der Waals surface area contributed by atoms with Crippen molar-refractivity contribution in [2.75, 3.05) is 5.33 Å². The molecular formula is C14H17BrFNO. The van der Waals surface area contributed by atoms with E-state index in [0.29, 0.717) is 11.5 Å². The summed E-state index contributed by atoms with van der Waals surface area (Å²) in [5.74, 6) is -0.251. The SMILES string of the molecule is Cc1cccc(C(=O)NC2CCCC2CBr)c1F. The molecule has 18 heavy (non-hydrogen) atoms. The molecule has 1 aromatic rings. The molecule has 0 saturated heterocycles. The van der Waals surface area contributed by atoms with Crippen molar-refractivity contribution in [3.63, 3.8) is 0 Å². The van der Waals surface area contributed by atoms with E-state index in [2.05, 4.69) is 21.2 Å². The third-order valence-corrected chi connectivity index (χ3v) is 4.44. The normalized spacial score (nSPS) is 23.1. The van der Waals surface area contributed by atoms with Gasteiger partial charge in [0, 0.05) is 11.4 Å². The van der Waals surface area contributed by atoms with E-state index in [9.17, 15) is 9.18 Å². The van der Waals surface area contributed by atoms with Crippen molar-refractivity contribution < 1.29 is 9.18 Å². The molecule has 0 heterocycles. The third kappa shape index (κ3) is 2.74. The van der Waals surface area contributed by atoms with Crippen LogP contribution in [0.5, 0.6) is 0 Å². The van der Waals surface area contributed by atoms with E-state index in [1.54, 1.807) is 19.1 Å². The topological polar surface area (TPSA) is 29.1 Å². The van der Waals surface area contributed by atoms with Gasteiger partial charge in [-0.25, -0.2) is 4.39 Å². The minimum Gasteiger partial charge on any atom is -0.349 e. The Morgan fingerprint density at radius 2 is 2.28 bits per heavy atom. The van der Waals surface area contributed by atoms with Crippen molar-refractivity contribution in [2.45, 2.75) is 32.2 Å². The fourth-order valence-corrected chi connectivity index (χ4v) is 3.26. The molecule has 1 aliphatic carbocycles. The maximum atomic E-state index is 13.8. The largest absolute Gasteiger partial charge is 0.349 e. The number of alkyl halides is 1. The molecule has 2 nitrogen and oxygen atoms in total. The summed E-state index contributed by atoms with van der Waals surface area (Å²) in [7, 11) is 0. The second kappa shape index (κ2) is 5.83. The fourth-order valence-electron chi connectivity index (χ4n) is 2.48. The minimum atomic E-state index is -0.414. The van der Waals surface area contributed by atoms with Crippen molar-refractivity contribution in [3.8, 4) is 0 Å². The molecule has 1 aliphatic rings. The zero-order valence-electron chi connectivity index (χ0n) is 10.4. The van der Waals surface area contributed by atoms with Crippen LogP contribution in [0.3, 0.4) is 0 Å². The zero-order chi connectivity index (χ0) is 13.1. The molecule has 1 fully saturated rings. The molecule has 1 N–H and O–H groups in total. The lowest BCUT2D eigenvalue weighted by molar-refractivity contribution is 0.0926. The summed E-state index contributed by atoms with van der Waals surface area (Å²) in [6, 6.07) is 5.08. The van der Waals surface area contributed by atoms with E-state index < -0.39 is 5.82 Å². The number of carbonyl (C=O) groups is 1. The zero-order valence-corrected chi connectivity index (χ0v) is 12.0. The van der Waals surface area contributed by atoms with Crippen molar-refractivity contribution in [2.24, 2.45) is 5.92 Å². The lowest BCUT2D eigenvalue weighted by atomic mass is 10.0. The van der Waals surface area contributed by atoms with Gasteiger partial charge in [-0.05, 0) is 37.3 Å². The summed E-state index contributed by atoms with van der Waals surface area (Å²) in [5, 5.41) is 3.84. The number of nitrogens with one attached hydrogen (secondary N) is 1. The highest BCUT2D eigenvalue weighted by molar-refractivity contribution is 9.09. The van der Waals surface area contributed by atoms with Gasteiger partial charge in [-0.2, -0.15) is 0 Å². The lowest BCUT2D eigenvalue weighted by Gasteiger charge is -2.19. The van der Waals surface area contributed by atoms with E-state index in [1.807, 2.05) is 0 Å². The molecule has 2 atom stereocenters. The summed E-state index contributed by atoms with van der Waals surface area (Å²) >= 11 is 3.46. The van der Waals surface area contributed by atoms with E-state index in [-0.39, 0.29) is 17.5 Å². The van der Waals surface area contributed by atoms with Crippen LogP contribution < -0.4 is 5.32 Å². The average Bonchev–Trinajstić information content (AvgIpc) is 2.79. The van der Waals surface area contributed by atoms with Crippen molar-refractivity contribution in [3.05, 3.63) is 35.1 Å². The number of aryl methyl sites for hydroxylation is 1. The summed E-state index contributed by atoms with van der Waals surface area (Å²) in [6.07, 6.45) is 3.22. The highest BCUT2D eigenvalue weighted by atomic mass is 79.9. The molecule has 0 aromatic heterocycles. The van der Waals surface area contributed by atoms with E-state index in [1.165, 1.54) is 6.07 Å². The first kappa shape index (κ1) is 13.5. The number of amides is 1. The predicted molar refractivity (Wildman–Crippen MR) is 73.5 cm³/mol. The van der Waals surface area contributed by atoms with Gasteiger partial charge in [-0.15, -0.1) is 0 Å². The number of benzene rings is 1. The lowest BCUT2D eigenvalue weighted by Crippen LogP contribution is -2.38. The first-order chi connectivity index (χ1) is 8.63. The first-order valence-electron chi connectivity index (χ1n) is 6.25. The summed E-state index contributed by atoms with van der Waals surface area (Å²) in [6.45, 7) is 1.67. The molecule has 0 radical (unpaired) electrons. The van der Waals surface area contributed by atoms with Crippen molar-refractivity contribution in [1.82, 2.24) is 5.32 Å². The van der Waals surface area contributed by atoms with Gasteiger partial charge in [0.25, 0.3) is 5.91 Å². The molecule has 1 amide bonds. The number of hydrogen-bond acceptors (Lipinski definition) is 1. The highest BCUT2D eigenvalue weighted by Gasteiger charge is 2.28. The number of halogens is 2. The van der Waals surface area contributed by atoms with Crippen molar-refractivity contribution in [1.29, 1.82) is 0 Å². The Morgan fingerprint density at radius 1 is 1.50 bits per heavy atom. The van der Waals surface area contributed by atoms with Gasteiger partial charge in [-0.1, -0.05) is 34.5 Å². The Morgan fingerprint density at radius 3 is 3.00 bits per heavy atom. The van der Waals surface area contributed by atoms with Gasteiger partial charge >= 0.3 is 0 Å². The van der Waals surface area contributed by atoms with E-state index >= 15 is 0 Å². The van der Waals surface area contributed by atoms with Crippen LogP contribution in [0.4, 0.5) is 4.39 Å². The summed E-state index contributed by atoms with van der Waals surface area (Å²) < 4.78 is 13.8. The number of rotatable bonds is 3. The van der Waals surface area contributed by atoms with Gasteiger partial charge in [0.05, 0.1) is 5.56 Å². The van der Waals surface area contributed by atoms with Crippen LogP contribution in [0.1, 0.15) is 35.2 Å². The molecule has 0 bridgehead atoms. The van der Waals surface area contributed by atoms with Crippen LogP contribution in [0, 0.1) is 18.7 Å². The standard InChI is InChI=1S/C14H17BrFNO/c1-9-4-2-6-11(13(9)16)14(18)17-12-7-3-5-10(12)8-15/h2,4,6,10,12H,3,5,7-8H2,1H3,(H,17,18). The molecule has 1 aromatic carbocycles. The molecule has 2 rings (SSSR count). The predicted octanol–water partition coefficient (Wildman–Crippen LogP) is 3.43. The summed E-state index contributed by atoms with van der Waals surface area (Å²) in [5.41, 5.74) is 0.654. The van der Waals surface area contributed by atoms with Crippen LogP contribution >= 0.6 is 15.9 Å². The first-order valence-corrected chi connectivity index (χ1v) is 7.37. The Labute approximate surface area is 115 Å². The average molecular weight is 314 g/mol. The second-order valence-electron chi connectivity index (χ2n) is 4.86. The van der Waals surface area contributed by atoms with Gasteiger partial charge < -0.3 is 5.32 Å². The Balaban J connectivity index is 2.10. The maximum absolute atomic E-state index is 13.8. The van der Waals surface area contributed by atoms with Gasteiger partial charge in [0.15, 0.2) is 0 Å². The number of hydrogen-bond donors (Lipinski definition) is 1. The molecule has 1 saturated carbocycles. The van der Waals surface area contributed by atoms with Gasteiger partial charge in [0.2, 0.25) is 0 Å². The van der Waals surface area contributed by atoms with E-state index in [0.717, 1.165) is 24.6 Å². The van der Waals surface area contributed by atoms with Crippen LogP contribution in [0.15, 0.2) is 18.2 Å². The number of carbonyl (C=O) groups excluding carboxylic acids is 1. The molecule has 98 valence electrons. The maximum Gasteiger partial charge on any atom is 0.254 e. The second-order valence-corrected chi connectivity index (χ2v) is 5.51. The van der Waals surface area contributed by atoms with Crippen molar-refractivity contribution >= 4 is 21.8 Å². The molecular weight excluding hydrogens is 297 g/mol. The Kier molecular flexibility index (Phi) is 4.38. The Hall–Kier alpha value is -0.900. The highest BCUT2D eigenvalue weighted by Crippen LogP contribution is 2.27. The quantitative estimate of drug-likeness (QED) is 0.851. The fraction of sp³-hybridized carbons (Fsp3) is 0.500. The van der Waals surface area contributed by atoms with Crippen LogP contribution in [0.2, 0.25) is 0 Å². The van der Waals surface area contributed by atoms with Gasteiger partial charge in [-0.3, -0.25) is 4.79 Å². The van der Waals surface area contributed by atoms with E-state index in [4.69, 9.17) is 0 Å². The van der Waals surface area contributed by atoms with Gasteiger partial charge in [0.1, 0.15) is 5.82 Å². The molecule has 0 spiro atoms. The monoisotopic (exact) mass is 313 g/mol. The van der Waals surface area contributed by atoms with Crippen LogP contribution in [-0.4, -0.2) is 17.3 Å². The van der Waals surface area contributed by atoms with Crippen LogP contribution in [-0.2, 0) is 0 Å². The summed E-state index contributed by atoms with van der Waals surface area (Å²) in [4.78, 5) is 12.1. The molecule has 2 unspecified atom stereocenters. The minimum absolute atomic E-state index is 0.148. The Bertz CT molecular complexity index is 449. The smallest absolute Gasteiger partial charge is 0.254 e. The van der Waals surface area contributed by atoms with Crippen LogP contribution in [0.25, 0.3) is 0 Å². The molecule has 4 heteroatoms. The third-order valence-electron chi connectivity index (χ3n) is 3.61. The molecule has 0 aliphatic heterocycles.